The van der Waals surface area contributed by atoms with Crippen molar-refractivity contribution < 1.29 is 24.2 Å². The van der Waals surface area contributed by atoms with Gasteiger partial charge in [0.2, 0.25) is 0 Å². The molecule has 1 aliphatic rings. The minimum Gasteiger partial charge on any atom is -0.507 e. The van der Waals surface area contributed by atoms with Gasteiger partial charge in [0.25, 0.3) is 11.7 Å². The van der Waals surface area contributed by atoms with Gasteiger partial charge < -0.3 is 19.5 Å². The van der Waals surface area contributed by atoms with Crippen LogP contribution in [0.2, 0.25) is 0 Å². The van der Waals surface area contributed by atoms with E-state index in [4.69, 9.17) is 9.47 Å². The van der Waals surface area contributed by atoms with Crippen molar-refractivity contribution in [3.63, 3.8) is 0 Å². The number of pyridine rings is 1. The Morgan fingerprint density at radius 3 is 2.43 bits per heavy atom. The Morgan fingerprint density at radius 2 is 1.83 bits per heavy atom. The van der Waals surface area contributed by atoms with Crippen LogP contribution in [0, 0.1) is 6.92 Å². The van der Waals surface area contributed by atoms with Crippen molar-refractivity contribution in [2.75, 3.05) is 7.11 Å². The third-order valence-corrected chi connectivity index (χ3v) is 5.83. The SMILES string of the molecule is COc1ccc(CN2C(=O)C(=O)/C(=C(\O)c3ccc(OC(C)C)c(C)c3)C2c2ccccn2)cc1. The first-order valence-electron chi connectivity index (χ1n) is 11.4. The number of aromatic nitrogens is 1. The molecule has 1 fully saturated rings. The zero-order chi connectivity index (χ0) is 25.1. The number of aliphatic hydroxyl groups is 1. The number of benzene rings is 2. The molecule has 7 heteroatoms. The van der Waals surface area contributed by atoms with Crippen LogP contribution in [0.25, 0.3) is 5.76 Å². The fourth-order valence-corrected chi connectivity index (χ4v) is 4.15. The standard InChI is InChI=1S/C28H28N2O5/c1-17(2)35-23-13-10-20(15-18(23)3)26(31)24-25(22-7-5-6-14-29-22)30(28(33)27(24)32)16-19-8-11-21(34-4)12-9-19/h5-15,17,25,31H,16H2,1-4H3/b26-24-. The van der Waals surface area contributed by atoms with E-state index in [1.54, 1.807) is 61.8 Å². The molecule has 0 bridgehead atoms. The number of rotatable bonds is 7. The summed E-state index contributed by atoms with van der Waals surface area (Å²) in [5.41, 5.74) is 2.57. The Bertz CT molecular complexity index is 1270. The predicted molar refractivity (Wildman–Crippen MR) is 132 cm³/mol. The van der Waals surface area contributed by atoms with Crippen LogP contribution in [0.15, 0.2) is 72.4 Å². The molecule has 35 heavy (non-hydrogen) atoms. The minimum absolute atomic E-state index is 0.000538. The first-order valence-corrected chi connectivity index (χ1v) is 11.4. The van der Waals surface area contributed by atoms with Gasteiger partial charge in [0, 0.05) is 18.3 Å². The van der Waals surface area contributed by atoms with E-state index >= 15 is 0 Å². The van der Waals surface area contributed by atoms with E-state index in [2.05, 4.69) is 4.98 Å². The van der Waals surface area contributed by atoms with Crippen LogP contribution in [0.4, 0.5) is 0 Å². The van der Waals surface area contributed by atoms with Crippen LogP contribution in [-0.4, -0.2) is 39.9 Å². The van der Waals surface area contributed by atoms with Gasteiger partial charge in [-0.05, 0) is 74.4 Å². The highest BCUT2D eigenvalue weighted by atomic mass is 16.5. The van der Waals surface area contributed by atoms with Crippen molar-refractivity contribution in [1.29, 1.82) is 0 Å². The minimum atomic E-state index is -0.829. The normalized spacial score (nSPS) is 17.2. The Hall–Kier alpha value is -4.13. The van der Waals surface area contributed by atoms with Crippen molar-refractivity contribution in [1.82, 2.24) is 9.88 Å². The number of likely N-dealkylation sites (tertiary alicyclic amines) is 1. The molecule has 1 aromatic heterocycles. The second-order valence-electron chi connectivity index (χ2n) is 8.68. The fraction of sp³-hybridized carbons (Fsp3) is 0.250. The van der Waals surface area contributed by atoms with Crippen molar-refractivity contribution in [3.05, 3.63) is 94.8 Å². The summed E-state index contributed by atoms with van der Waals surface area (Å²) in [6.07, 6.45) is 1.60. The number of nitrogens with zero attached hydrogens (tertiary/aromatic N) is 2. The molecule has 180 valence electrons. The molecule has 3 aromatic rings. The number of amides is 1. The van der Waals surface area contributed by atoms with E-state index in [9.17, 15) is 14.7 Å². The average molecular weight is 473 g/mol. The molecule has 1 N–H and O–H groups in total. The Labute approximate surface area is 204 Å². The highest BCUT2D eigenvalue weighted by Crippen LogP contribution is 2.40. The second-order valence-corrected chi connectivity index (χ2v) is 8.68. The number of aryl methyl sites for hydroxylation is 1. The summed E-state index contributed by atoms with van der Waals surface area (Å²) in [7, 11) is 1.58. The zero-order valence-electron chi connectivity index (χ0n) is 20.2. The summed E-state index contributed by atoms with van der Waals surface area (Å²) in [4.78, 5) is 32.2. The molecule has 1 saturated heterocycles. The first kappa shape index (κ1) is 24.0. The van der Waals surface area contributed by atoms with Crippen molar-refractivity contribution >= 4 is 17.4 Å². The van der Waals surface area contributed by atoms with Gasteiger partial charge in [0.15, 0.2) is 0 Å². The number of methoxy groups -OCH3 is 1. The molecule has 4 rings (SSSR count). The van der Waals surface area contributed by atoms with Crippen LogP contribution in [0.1, 0.15) is 42.3 Å². The average Bonchev–Trinajstić information content (AvgIpc) is 3.10. The number of Topliss-reactive ketones (excluding diaryl/α,β-unsaturated/α-hetero) is 1. The van der Waals surface area contributed by atoms with Crippen LogP contribution in [0.3, 0.4) is 0 Å². The van der Waals surface area contributed by atoms with Crippen LogP contribution in [-0.2, 0) is 16.1 Å². The lowest BCUT2D eigenvalue weighted by molar-refractivity contribution is -0.140. The fourth-order valence-electron chi connectivity index (χ4n) is 4.15. The maximum Gasteiger partial charge on any atom is 0.296 e. The van der Waals surface area contributed by atoms with E-state index in [0.29, 0.717) is 22.8 Å². The molecular formula is C28H28N2O5. The van der Waals surface area contributed by atoms with Crippen molar-refractivity contribution in [3.8, 4) is 11.5 Å². The topological polar surface area (TPSA) is 89.0 Å². The molecule has 0 aliphatic carbocycles. The molecule has 2 aromatic carbocycles. The molecule has 0 spiro atoms. The van der Waals surface area contributed by atoms with E-state index < -0.39 is 17.7 Å². The predicted octanol–water partition coefficient (Wildman–Crippen LogP) is 4.81. The highest BCUT2D eigenvalue weighted by molar-refractivity contribution is 6.46. The third kappa shape index (κ3) is 4.89. The van der Waals surface area contributed by atoms with Gasteiger partial charge in [-0.3, -0.25) is 14.6 Å². The highest BCUT2D eigenvalue weighted by Gasteiger charge is 2.46. The Balaban J connectivity index is 1.78. The lowest BCUT2D eigenvalue weighted by Gasteiger charge is -2.24. The first-order chi connectivity index (χ1) is 16.8. The van der Waals surface area contributed by atoms with E-state index in [-0.39, 0.29) is 24.0 Å². The zero-order valence-corrected chi connectivity index (χ0v) is 20.2. The molecule has 1 aliphatic heterocycles. The summed E-state index contributed by atoms with van der Waals surface area (Å²) in [5, 5.41) is 11.3. The molecule has 1 atom stereocenters. The third-order valence-electron chi connectivity index (χ3n) is 5.83. The van der Waals surface area contributed by atoms with Crippen LogP contribution < -0.4 is 9.47 Å². The number of hydrogen-bond donors (Lipinski definition) is 1. The summed E-state index contributed by atoms with van der Waals surface area (Å²) in [6.45, 7) is 5.91. The maximum atomic E-state index is 13.2. The number of ether oxygens (including phenoxy) is 2. The summed E-state index contributed by atoms with van der Waals surface area (Å²) < 4.78 is 11.0. The molecular weight excluding hydrogens is 444 g/mol. The number of carbonyl (C=O) groups is 2. The number of hydrogen-bond acceptors (Lipinski definition) is 6. The lowest BCUT2D eigenvalue weighted by atomic mass is 9.97. The molecule has 2 heterocycles. The Kier molecular flexibility index (Phi) is 6.87. The summed E-state index contributed by atoms with van der Waals surface area (Å²) in [6, 6.07) is 16.9. The quantitative estimate of drug-likeness (QED) is 0.302. The largest absolute Gasteiger partial charge is 0.507 e. The van der Waals surface area contributed by atoms with Crippen LogP contribution >= 0.6 is 0 Å². The monoisotopic (exact) mass is 472 g/mol. The van der Waals surface area contributed by atoms with Gasteiger partial charge in [-0.1, -0.05) is 18.2 Å². The molecule has 0 radical (unpaired) electrons. The lowest BCUT2D eigenvalue weighted by Crippen LogP contribution is -2.29. The van der Waals surface area contributed by atoms with Crippen molar-refractivity contribution in [2.45, 2.75) is 39.5 Å². The molecule has 1 unspecified atom stereocenters. The number of carbonyl (C=O) groups excluding carboxylic acids is 2. The van der Waals surface area contributed by atoms with Crippen LogP contribution in [0.5, 0.6) is 11.5 Å². The van der Waals surface area contributed by atoms with Gasteiger partial charge in [-0.15, -0.1) is 0 Å². The second kappa shape index (κ2) is 10.0. The molecule has 0 saturated carbocycles. The Morgan fingerprint density at radius 1 is 1.09 bits per heavy atom. The summed E-state index contributed by atoms with van der Waals surface area (Å²) >= 11 is 0. The van der Waals surface area contributed by atoms with Gasteiger partial charge in [-0.25, -0.2) is 0 Å². The maximum absolute atomic E-state index is 13.2. The van der Waals surface area contributed by atoms with E-state index in [0.717, 1.165) is 11.1 Å². The van der Waals surface area contributed by atoms with E-state index in [1.807, 2.05) is 32.9 Å². The van der Waals surface area contributed by atoms with Gasteiger partial charge >= 0.3 is 0 Å². The van der Waals surface area contributed by atoms with Crippen molar-refractivity contribution in [2.24, 2.45) is 0 Å². The molecule has 1 amide bonds. The smallest absolute Gasteiger partial charge is 0.296 e. The number of aliphatic hydroxyl groups excluding tert-OH is 1. The van der Waals surface area contributed by atoms with Gasteiger partial charge in [0.1, 0.15) is 23.3 Å². The van der Waals surface area contributed by atoms with Gasteiger partial charge in [0.05, 0.1) is 24.5 Å². The van der Waals surface area contributed by atoms with E-state index in [1.165, 1.54) is 4.90 Å². The summed E-state index contributed by atoms with van der Waals surface area (Å²) in [5.74, 6) is -0.285. The number of ketones is 1. The van der Waals surface area contributed by atoms with Gasteiger partial charge in [-0.2, -0.15) is 0 Å². The molecule has 7 nitrogen and oxygen atoms in total.